The molecule has 110 valence electrons. The number of benzene rings is 1. The normalized spacial score (nSPS) is 12.8. The number of rotatable bonds is 7. The van der Waals surface area contributed by atoms with Crippen LogP contribution in [-0.2, 0) is 9.53 Å². The summed E-state index contributed by atoms with van der Waals surface area (Å²) in [5, 5.41) is 0. The van der Waals surface area contributed by atoms with E-state index in [2.05, 4.69) is 52.0 Å². The van der Waals surface area contributed by atoms with Crippen LogP contribution in [0.1, 0.15) is 25.3 Å². The fraction of sp³-hybridized carbons (Fsp3) is 0.438. The van der Waals surface area contributed by atoms with Crippen molar-refractivity contribution in [3.8, 4) is 0 Å². The Labute approximate surface area is 129 Å². The number of likely N-dealkylation sites (N-methyl/N-ethyl adjacent to an activating group) is 1. The third-order valence-electron chi connectivity index (χ3n) is 2.98. The Balaban J connectivity index is 2.40. The second-order valence-electron chi connectivity index (χ2n) is 4.83. The average molecular weight is 340 g/mol. The molecule has 1 atom stereocenters. The highest BCUT2D eigenvalue weighted by Crippen LogP contribution is 2.19. The standard InChI is InChI=1S/C16H22BrNO2/c1-4-20-16(19)6-5-11-18(3)12-13(2)14-7-9-15(17)10-8-14/h5-10,13H,4,11-12H2,1-3H3/b6-5+/t13-/m0/s1. The van der Waals surface area contributed by atoms with E-state index in [1.54, 1.807) is 6.92 Å². The van der Waals surface area contributed by atoms with E-state index in [4.69, 9.17) is 4.74 Å². The molecule has 0 aliphatic carbocycles. The fourth-order valence-electron chi connectivity index (χ4n) is 1.96. The van der Waals surface area contributed by atoms with E-state index in [0.717, 1.165) is 17.6 Å². The number of esters is 1. The molecule has 0 radical (unpaired) electrons. The molecule has 1 aromatic rings. The van der Waals surface area contributed by atoms with E-state index in [0.29, 0.717) is 12.5 Å². The summed E-state index contributed by atoms with van der Waals surface area (Å²) in [6.07, 6.45) is 3.33. The predicted molar refractivity (Wildman–Crippen MR) is 85.8 cm³/mol. The fourth-order valence-corrected chi connectivity index (χ4v) is 2.22. The van der Waals surface area contributed by atoms with Gasteiger partial charge in [0, 0.05) is 23.6 Å². The van der Waals surface area contributed by atoms with Crippen LogP contribution in [0, 0.1) is 0 Å². The number of ether oxygens (including phenoxy) is 1. The molecular weight excluding hydrogens is 318 g/mol. The summed E-state index contributed by atoms with van der Waals surface area (Å²) >= 11 is 3.44. The van der Waals surface area contributed by atoms with Crippen molar-refractivity contribution >= 4 is 21.9 Å². The first kappa shape index (κ1) is 16.9. The largest absolute Gasteiger partial charge is 0.463 e. The van der Waals surface area contributed by atoms with Crippen LogP contribution in [0.3, 0.4) is 0 Å². The second kappa shape index (κ2) is 8.93. The Morgan fingerprint density at radius 1 is 1.40 bits per heavy atom. The lowest BCUT2D eigenvalue weighted by atomic mass is 10.0. The first-order valence-electron chi connectivity index (χ1n) is 6.80. The number of hydrogen-bond donors (Lipinski definition) is 0. The Bertz CT molecular complexity index is 442. The van der Waals surface area contributed by atoms with Gasteiger partial charge in [0.05, 0.1) is 6.61 Å². The number of halogens is 1. The molecule has 0 fully saturated rings. The summed E-state index contributed by atoms with van der Waals surface area (Å²) in [5.74, 6) is 0.172. The molecule has 0 unspecified atom stereocenters. The molecule has 1 aromatic carbocycles. The van der Waals surface area contributed by atoms with Crippen molar-refractivity contribution in [2.45, 2.75) is 19.8 Å². The monoisotopic (exact) mass is 339 g/mol. The molecule has 0 heterocycles. The van der Waals surface area contributed by atoms with Gasteiger partial charge in [-0.1, -0.05) is 41.1 Å². The SMILES string of the molecule is CCOC(=O)/C=C/CN(C)C[C@H](C)c1ccc(Br)cc1. The summed E-state index contributed by atoms with van der Waals surface area (Å²) in [5.41, 5.74) is 1.31. The van der Waals surface area contributed by atoms with Crippen LogP contribution in [0.4, 0.5) is 0 Å². The topological polar surface area (TPSA) is 29.5 Å². The zero-order chi connectivity index (χ0) is 15.0. The Kier molecular flexibility index (Phi) is 7.55. The minimum absolute atomic E-state index is 0.276. The van der Waals surface area contributed by atoms with Gasteiger partial charge in [-0.25, -0.2) is 4.79 Å². The third-order valence-corrected chi connectivity index (χ3v) is 3.51. The highest BCUT2D eigenvalue weighted by Gasteiger charge is 2.08. The molecule has 20 heavy (non-hydrogen) atoms. The highest BCUT2D eigenvalue weighted by atomic mass is 79.9. The van der Waals surface area contributed by atoms with Crippen molar-refractivity contribution in [2.24, 2.45) is 0 Å². The molecule has 0 aromatic heterocycles. The number of carbonyl (C=O) groups excluding carboxylic acids is 1. The maximum absolute atomic E-state index is 11.2. The molecule has 3 nitrogen and oxygen atoms in total. The van der Waals surface area contributed by atoms with Crippen LogP contribution >= 0.6 is 15.9 Å². The van der Waals surface area contributed by atoms with Crippen LogP contribution in [0.5, 0.6) is 0 Å². The van der Waals surface area contributed by atoms with Crippen molar-refractivity contribution in [1.29, 1.82) is 0 Å². The van der Waals surface area contributed by atoms with E-state index in [-0.39, 0.29) is 5.97 Å². The van der Waals surface area contributed by atoms with Crippen molar-refractivity contribution in [3.05, 3.63) is 46.5 Å². The second-order valence-corrected chi connectivity index (χ2v) is 5.74. The number of hydrogen-bond acceptors (Lipinski definition) is 3. The molecule has 1 rings (SSSR count). The summed E-state index contributed by atoms with van der Waals surface area (Å²) < 4.78 is 5.93. The third kappa shape index (κ3) is 6.35. The first-order valence-corrected chi connectivity index (χ1v) is 7.59. The van der Waals surface area contributed by atoms with Crippen molar-refractivity contribution in [1.82, 2.24) is 4.90 Å². The summed E-state index contributed by atoms with van der Waals surface area (Å²) in [6, 6.07) is 8.40. The van der Waals surface area contributed by atoms with Gasteiger partial charge in [-0.3, -0.25) is 0 Å². The van der Waals surface area contributed by atoms with Gasteiger partial charge in [0.1, 0.15) is 0 Å². The smallest absolute Gasteiger partial charge is 0.330 e. The quantitative estimate of drug-likeness (QED) is 0.561. The average Bonchev–Trinajstić information content (AvgIpc) is 2.39. The van der Waals surface area contributed by atoms with E-state index in [1.807, 2.05) is 13.1 Å². The van der Waals surface area contributed by atoms with E-state index in [9.17, 15) is 4.79 Å². The van der Waals surface area contributed by atoms with Gasteiger partial charge in [0.2, 0.25) is 0 Å². The van der Waals surface area contributed by atoms with E-state index < -0.39 is 0 Å². The molecule has 0 aliphatic rings. The van der Waals surface area contributed by atoms with Crippen LogP contribution in [0.15, 0.2) is 40.9 Å². The van der Waals surface area contributed by atoms with Gasteiger partial charge < -0.3 is 9.64 Å². The van der Waals surface area contributed by atoms with Gasteiger partial charge in [-0.15, -0.1) is 0 Å². The molecule has 0 N–H and O–H groups in total. The first-order chi connectivity index (χ1) is 9.52. The minimum atomic E-state index is -0.276. The van der Waals surface area contributed by atoms with Gasteiger partial charge in [-0.05, 0) is 37.6 Å². The predicted octanol–water partition coefficient (Wildman–Crippen LogP) is 3.60. The van der Waals surface area contributed by atoms with Crippen molar-refractivity contribution in [2.75, 3.05) is 26.7 Å². The maximum atomic E-state index is 11.2. The molecule has 0 saturated heterocycles. The van der Waals surface area contributed by atoms with Gasteiger partial charge in [0.25, 0.3) is 0 Å². The van der Waals surface area contributed by atoms with Gasteiger partial charge >= 0.3 is 5.97 Å². The van der Waals surface area contributed by atoms with E-state index >= 15 is 0 Å². The van der Waals surface area contributed by atoms with Crippen molar-refractivity contribution in [3.63, 3.8) is 0 Å². The molecule has 0 saturated carbocycles. The molecule has 0 amide bonds. The lowest BCUT2D eigenvalue weighted by Gasteiger charge is -2.20. The number of carbonyl (C=O) groups is 1. The Hall–Kier alpha value is -1.13. The summed E-state index contributed by atoms with van der Waals surface area (Å²) in [7, 11) is 2.05. The molecule has 0 spiro atoms. The molecular formula is C16H22BrNO2. The molecule has 0 aliphatic heterocycles. The molecule has 0 bridgehead atoms. The van der Waals surface area contributed by atoms with E-state index in [1.165, 1.54) is 11.6 Å². The highest BCUT2D eigenvalue weighted by molar-refractivity contribution is 9.10. The number of nitrogens with zero attached hydrogens (tertiary/aromatic N) is 1. The van der Waals surface area contributed by atoms with Crippen molar-refractivity contribution < 1.29 is 9.53 Å². The Morgan fingerprint density at radius 2 is 2.05 bits per heavy atom. The molecule has 4 heteroatoms. The maximum Gasteiger partial charge on any atom is 0.330 e. The van der Waals surface area contributed by atoms with Crippen LogP contribution in [-0.4, -0.2) is 37.6 Å². The van der Waals surface area contributed by atoms with Gasteiger partial charge in [-0.2, -0.15) is 0 Å². The Morgan fingerprint density at radius 3 is 2.65 bits per heavy atom. The summed E-state index contributed by atoms with van der Waals surface area (Å²) in [4.78, 5) is 13.4. The van der Waals surface area contributed by atoms with Crippen LogP contribution < -0.4 is 0 Å². The minimum Gasteiger partial charge on any atom is -0.463 e. The van der Waals surface area contributed by atoms with Gasteiger partial charge in [0.15, 0.2) is 0 Å². The zero-order valence-electron chi connectivity index (χ0n) is 12.3. The summed E-state index contributed by atoms with van der Waals surface area (Å²) in [6.45, 7) is 6.10. The van der Waals surface area contributed by atoms with Crippen LogP contribution in [0.2, 0.25) is 0 Å². The zero-order valence-corrected chi connectivity index (χ0v) is 13.9. The van der Waals surface area contributed by atoms with Crippen LogP contribution in [0.25, 0.3) is 0 Å². The lowest BCUT2D eigenvalue weighted by Crippen LogP contribution is -2.23. The lowest BCUT2D eigenvalue weighted by molar-refractivity contribution is -0.137.